The maximum absolute atomic E-state index is 13.2. The molecule has 0 aliphatic carbocycles. The van der Waals surface area contributed by atoms with Gasteiger partial charge in [-0.05, 0) is 35.7 Å². The first-order valence-electron chi connectivity index (χ1n) is 7.64. The molecular formula is C18H21ClFN3O. The van der Waals surface area contributed by atoms with Gasteiger partial charge in [-0.25, -0.2) is 4.39 Å². The van der Waals surface area contributed by atoms with Crippen molar-refractivity contribution < 1.29 is 9.13 Å². The summed E-state index contributed by atoms with van der Waals surface area (Å²) >= 11 is 5.78. The minimum atomic E-state index is -0.417. The van der Waals surface area contributed by atoms with Crippen LogP contribution in [0, 0.1) is 5.82 Å². The van der Waals surface area contributed by atoms with Crippen LogP contribution in [-0.4, -0.2) is 26.7 Å². The van der Waals surface area contributed by atoms with Crippen molar-refractivity contribution in [3.63, 3.8) is 0 Å². The highest BCUT2D eigenvalue weighted by atomic mass is 35.5. The number of methoxy groups -OCH3 is 1. The second-order valence-corrected chi connectivity index (χ2v) is 5.57. The molecule has 128 valence electrons. The minimum absolute atomic E-state index is 0.119. The molecule has 0 aliphatic rings. The lowest BCUT2D eigenvalue weighted by atomic mass is 10.1. The second-order valence-electron chi connectivity index (χ2n) is 5.16. The number of aliphatic imine (C=N–C) groups is 1. The van der Waals surface area contributed by atoms with Crippen molar-refractivity contribution in [1.82, 2.24) is 10.6 Å². The van der Waals surface area contributed by atoms with Crippen molar-refractivity contribution >= 4 is 17.6 Å². The standard InChI is InChI=1S/C18H21ClFN3O/c1-21-18(23-12-13-7-8-16(20)15(19)11-13)22-10-9-14-5-3-4-6-17(14)24-2/h3-8,11H,9-10,12H2,1-2H3,(H2,21,22,23). The molecule has 0 amide bonds. The monoisotopic (exact) mass is 349 g/mol. The van der Waals surface area contributed by atoms with E-state index < -0.39 is 5.82 Å². The van der Waals surface area contributed by atoms with Crippen LogP contribution in [0.15, 0.2) is 47.5 Å². The zero-order valence-electron chi connectivity index (χ0n) is 13.8. The van der Waals surface area contributed by atoms with Crippen LogP contribution in [0.4, 0.5) is 4.39 Å². The molecule has 0 heterocycles. The van der Waals surface area contributed by atoms with Crippen molar-refractivity contribution in [1.29, 1.82) is 0 Å². The van der Waals surface area contributed by atoms with Crippen molar-refractivity contribution in [2.45, 2.75) is 13.0 Å². The minimum Gasteiger partial charge on any atom is -0.496 e. The number of nitrogens with one attached hydrogen (secondary N) is 2. The Bertz CT molecular complexity index is 706. The van der Waals surface area contributed by atoms with E-state index >= 15 is 0 Å². The molecule has 6 heteroatoms. The Hall–Kier alpha value is -2.27. The number of hydrogen-bond acceptors (Lipinski definition) is 2. The van der Waals surface area contributed by atoms with Crippen molar-refractivity contribution in [3.8, 4) is 5.75 Å². The summed E-state index contributed by atoms with van der Waals surface area (Å²) < 4.78 is 18.5. The van der Waals surface area contributed by atoms with Gasteiger partial charge in [0, 0.05) is 20.1 Å². The molecule has 0 saturated carbocycles. The maximum Gasteiger partial charge on any atom is 0.191 e. The lowest BCUT2D eigenvalue weighted by molar-refractivity contribution is 0.409. The van der Waals surface area contributed by atoms with Crippen LogP contribution in [0.1, 0.15) is 11.1 Å². The van der Waals surface area contributed by atoms with E-state index in [4.69, 9.17) is 16.3 Å². The molecule has 4 nitrogen and oxygen atoms in total. The van der Waals surface area contributed by atoms with E-state index in [-0.39, 0.29) is 5.02 Å². The molecule has 0 atom stereocenters. The number of guanidine groups is 1. The van der Waals surface area contributed by atoms with Crippen molar-refractivity contribution in [2.24, 2.45) is 4.99 Å². The maximum atomic E-state index is 13.2. The van der Waals surface area contributed by atoms with Crippen molar-refractivity contribution in [3.05, 3.63) is 64.4 Å². The Morgan fingerprint density at radius 1 is 1.21 bits per heavy atom. The Labute approximate surface area is 146 Å². The average Bonchev–Trinajstić information content (AvgIpc) is 2.61. The molecular weight excluding hydrogens is 329 g/mol. The SMILES string of the molecule is CN=C(NCCc1ccccc1OC)NCc1ccc(F)c(Cl)c1. The first-order chi connectivity index (χ1) is 11.6. The topological polar surface area (TPSA) is 45.7 Å². The lowest BCUT2D eigenvalue weighted by Crippen LogP contribution is -2.37. The van der Waals surface area contributed by atoms with E-state index in [1.54, 1.807) is 26.3 Å². The van der Waals surface area contributed by atoms with Gasteiger partial charge in [0.25, 0.3) is 0 Å². The van der Waals surface area contributed by atoms with Gasteiger partial charge < -0.3 is 15.4 Å². The number of hydrogen-bond donors (Lipinski definition) is 2. The molecule has 2 rings (SSSR count). The van der Waals surface area contributed by atoms with Crippen LogP contribution in [0.25, 0.3) is 0 Å². The predicted molar refractivity (Wildman–Crippen MR) is 96.3 cm³/mol. The molecule has 24 heavy (non-hydrogen) atoms. The van der Waals surface area contributed by atoms with Gasteiger partial charge in [-0.15, -0.1) is 0 Å². The number of rotatable bonds is 6. The normalized spacial score (nSPS) is 11.2. The van der Waals surface area contributed by atoms with E-state index in [1.165, 1.54) is 6.07 Å². The van der Waals surface area contributed by atoms with E-state index in [0.717, 1.165) is 23.3 Å². The van der Waals surface area contributed by atoms with Crippen molar-refractivity contribution in [2.75, 3.05) is 20.7 Å². The van der Waals surface area contributed by atoms with E-state index in [9.17, 15) is 4.39 Å². The molecule has 2 aromatic carbocycles. The molecule has 0 radical (unpaired) electrons. The first kappa shape index (κ1) is 18.1. The van der Waals surface area contributed by atoms with Gasteiger partial charge in [-0.2, -0.15) is 0 Å². The zero-order valence-corrected chi connectivity index (χ0v) is 14.5. The van der Waals surface area contributed by atoms with E-state index in [0.29, 0.717) is 19.0 Å². The van der Waals surface area contributed by atoms with Crippen LogP contribution in [0.3, 0.4) is 0 Å². The van der Waals surface area contributed by atoms with Gasteiger partial charge in [-0.3, -0.25) is 4.99 Å². The summed E-state index contributed by atoms with van der Waals surface area (Å²) in [4.78, 5) is 4.17. The highest BCUT2D eigenvalue weighted by molar-refractivity contribution is 6.30. The molecule has 0 spiro atoms. The lowest BCUT2D eigenvalue weighted by Gasteiger charge is -2.13. The Morgan fingerprint density at radius 3 is 2.71 bits per heavy atom. The fraction of sp³-hybridized carbons (Fsp3) is 0.278. The quantitative estimate of drug-likeness (QED) is 0.620. The summed E-state index contributed by atoms with van der Waals surface area (Å²) in [7, 11) is 3.37. The largest absolute Gasteiger partial charge is 0.496 e. The highest BCUT2D eigenvalue weighted by Crippen LogP contribution is 2.17. The van der Waals surface area contributed by atoms with Crippen LogP contribution < -0.4 is 15.4 Å². The first-order valence-corrected chi connectivity index (χ1v) is 8.02. The molecule has 2 aromatic rings. The van der Waals surface area contributed by atoms with Crippen LogP contribution in [0.5, 0.6) is 5.75 Å². The van der Waals surface area contributed by atoms with Gasteiger partial charge in [0.05, 0.1) is 12.1 Å². The van der Waals surface area contributed by atoms with Gasteiger partial charge >= 0.3 is 0 Å². The summed E-state index contributed by atoms with van der Waals surface area (Å²) in [5.41, 5.74) is 2.02. The second kappa shape index (κ2) is 9.13. The third kappa shape index (κ3) is 5.13. The summed E-state index contributed by atoms with van der Waals surface area (Å²) in [5, 5.41) is 6.53. The molecule has 2 N–H and O–H groups in total. The number of benzene rings is 2. The summed E-state index contributed by atoms with van der Waals surface area (Å²) in [5.74, 6) is 1.13. The third-order valence-corrected chi connectivity index (χ3v) is 3.84. The van der Waals surface area contributed by atoms with Gasteiger partial charge in [0.2, 0.25) is 0 Å². The fourth-order valence-corrected chi connectivity index (χ4v) is 2.48. The Kier molecular flexibility index (Phi) is 6.88. The van der Waals surface area contributed by atoms with E-state index in [1.807, 2.05) is 24.3 Å². The fourth-order valence-electron chi connectivity index (χ4n) is 2.28. The third-order valence-electron chi connectivity index (χ3n) is 3.55. The summed E-state index contributed by atoms with van der Waals surface area (Å²) in [6.07, 6.45) is 0.813. The molecule has 0 aliphatic heterocycles. The molecule has 0 bridgehead atoms. The molecule has 0 fully saturated rings. The van der Waals surface area contributed by atoms with Gasteiger partial charge in [-0.1, -0.05) is 35.9 Å². The summed E-state index contributed by atoms with van der Waals surface area (Å²) in [6.45, 7) is 1.22. The predicted octanol–water partition coefficient (Wildman–Crippen LogP) is 3.40. The number of halogens is 2. The zero-order chi connectivity index (χ0) is 17.4. The Balaban J connectivity index is 1.83. The average molecular weight is 350 g/mol. The van der Waals surface area contributed by atoms with Crippen LogP contribution >= 0.6 is 11.6 Å². The number of para-hydroxylation sites is 1. The number of nitrogens with zero attached hydrogens (tertiary/aromatic N) is 1. The molecule has 0 aromatic heterocycles. The molecule has 0 unspecified atom stereocenters. The highest BCUT2D eigenvalue weighted by Gasteiger charge is 2.04. The summed E-state index contributed by atoms with van der Waals surface area (Å²) in [6, 6.07) is 12.6. The Morgan fingerprint density at radius 2 is 2.00 bits per heavy atom. The van der Waals surface area contributed by atoms with Crippen LogP contribution in [0.2, 0.25) is 5.02 Å². The van der Waals surface area contributed by atoms with Gasteiger partial charge in [0.1, 0.15) is 11.6 Å². The van der Waals surface area contributed by atoms with Gasteiger partial charge in [0.15, 0.2) is 5.96 Å². The number of ether oxygens (including phenoxy) is 1. The van der Waals surface area contributed by atoms with Crippen LogP contribution in [-0.2, 0) is 13.0 Å². The van der Waals surface area contributed by atoms with E-state index in [2.05, 4.69) is 15.6 Å². The molecule has 0 saturated heterocycles. The smallest absolute Gasteiger partial charge is 0.191 e.